The zero-order valence-corrected chi connectivity index (χ0v) is 8.30. The summed E-state index contributed by atoms with van der Waals surface area (Å²) in [6.45, 7) is 2.18. The second-order valence-corrected chi connectivity index (χ2v) is 3.46. The lowest BCUT2D eigenvalue weighted by atomic mass is 10.1. The van der Waals surface area contributed by atoms with Gasteiger partial charge in [-0.05, 0) is 19.1 Å². The van der Waals surface area contributed by atoms with E-state index in [-0.39, 0.29) is 6.54 Å². The molecule has 1 N–H and O–H groups in total. The van der Waals surface area contributed by atoms with Crippen LogP contribution in [0.25, 0.3) is 0 Å². The van der Waals surface area contributed by atoms with Gasteiger partial charge in [0.05, 0.1) is 6.54 Å². The number of aliphatic imine (C=N–C) groups is 1. The van der Waals surface area contributed by atoms with Crippen LogP contribution in [0.15, 0.2) is 29.3 Å². The van der Waals surface area contributed by atoms with Crippen LogP contribution in [0.5, 0.6) is 0 Å². The average Bonchev–Trinajstić information content (AvgIpc) is 2.68. The predicted molar refractivity (Wildman–Crippen MR) is 55.1 cm³/mol. The van der Waals surface area contributed by atoms with Gasteiger partial charge in [-0.1, -0.05) is 17.7 Å². The van der Waals surface area contributed by atoms with E-state index in [9.17, 15) is 4.79 Å². The summed E-state index contributed by atoms with van der Waals surface area (Å²) in [6, 6.07) is 7.63. The van der Waals surface area contributed by atoms with E-state index in [2.05, 4.69) is 4.99 Å². The van der Waals surface area contributed by atoms with E-state index >= 15 is 0 Å². The average molecular weight is 205 g/mol. The highest BCUT2D eigenvalue weighted by molar-refractivity contribution is 5.97. The van der Waals surface area contributed by atoms with Crippen LogP contribution in [0.3, 0.4) is 0 Å². The van der Waals surface area contributed by atoms with E-state index in [0.29, 0.717) is 5.90 Å². The standard InChI is InChI=1S/C11H11NO3/c1-7-2-4-8(5-3-7)10-12-6-9(15-10)11(13)14/h2-5,9H,6H2,1H3,(H,13,14). The highest BCUT2D eigenvalue weighted by Crippen LogP contribution is 2.13. The van der Waals surface area contributed by atoms with Crippen LogP contribution < -0.4 is 0 Å². The van der Waals surface area contributed by atoms with Gasteiger partial charge in [-0.15, -0.1) is 0 Å². The second kappa shape index (κ2) is 3.73. The fourth-order valence-corrected chi connectivity index (χ4v) is 1.36. The molecule has 78 valence electrons. The molecule has 1 aromatic carbocycles. The van der Waals surface area contributed by atoms with E-state index in [1.165, 1.54) is 0 Å². The summed E-state index contributed by atoms with van der Waals surface area (Å²) in [5, 5.41) is 8.72. The van der Waals surface area contributed by atoms with Crippen molar-refractivity contribution in [1.29, 1.82) is 0 Å². The first-order valence-electron chi connectivity index (χ1n) is 4.68. The van der Waals surface area contributed by atoms with Crippen molar-refractivity contribution in [3.8, 4) is 0 Å². The lowest BCUT2D eigenvalue weighted by Crippen LogP contribution is -2.23. The second-order valence-electron chi connectivity index (χ2n) is 3.46. The highest BCUT2D eigenvalue weighted by Gasteiger charge is 2.26. The normalized spacial score (nSPS) is 19.5. The van der Waals surface area contributed by atoms with Crippen molar-refractivity contribution in [2.45, 2.75) is 13.0 Å². The number of rotatable bonds is 2. The molecule has 4 nitrogen and oxygen atoms in total. The molecule has 1 atom stereocenters. The largest absolute Gasteiger partial charge is 0.478 e. The molecule has 15 heavy (non-hydrogen) atoms. The molecule has 2 rings (SSSR count). The lowest BCUT2D eigenvalue weighted by Gasteiger charge is -2.06. The van der Waals surface area contributed by atoms with Gasteiger partial charge in [0, 0.05) is 5.56 Å². The van der Waals surface area contributed by atoms with Gasteiger partial charge in [-0.2, -0.15) is 0 Å². The van der Waals surface area contributed by atoms with Gasteiger partial charge in [0.15, 0.2) is 0 Å². The summed E-state index contributed by atoms with van der Waals surface area (Å²) in [7, 11) is 0. The van der Waals surface area contributed by atoms with E-state index in [1.54, 1.807) is 0 Å². The molecule has 0 spiro atoms. The van der Waals surface area contributed by atoms with Crippen LogP contribution in [0.1, 0.15) is 11.1 Å². The third-order valence-corrected chi connectivity index (χ3v) is 2.23. The molecule has 1 aromatic rings. The van der Waals surface area contributed by atoms with Crippen LogP contribution in [0, 0.1) is 6.92 Å². The molecule has 0 radical (unpaired) electrons. The molecule has 0 saturated heterocycles. The van der Waals surface area contributed by atoms with E-state index in [4.69, 9.17) is 9.84 Å². The minimum Gasteiger partial charge on any atom is -0.478 e. The minimum absolute atomic E-state index is 0.193. The van der Waals surface area contributed by atoms with Crippen molar-refractivity contribution in [2.24, 2.45) is 4.99 Å². The van der Waals surface area contributed by atoms with Crippen LogP contribution in [-0.4, -0.2) is 29.6 Å². The quantitative estimate of drug-likeness (QED) is 0.789. The topological polar surface area (TPSA) is 58.9 Å². The van der Waals surface area contributed by atoms with Crippen molar-refractivity contribution < 1.29 is 14.6 Å². The smallest absolute Gasteiger partial charge is 0.346 e. The Labute approximate surface area is 87.2 Å². The first-order valence-corrected chi connectivity index (χ1v) is 4.68. The Bertz CT molecular complexity index is 408. The van der Waals surface area contributed by atoms with Crippen LogP contribution in [0.2, 0.25) is 0 Å². The molecule has 4 heteroatoms. The molecular formula is C11H11NO3. The molecule has 0 amide bonds. The first-order chi connectivity index (χ1) is 7.16. The Morgan fingerprint density at radius 1 is 1.47 bits per heavy atom. The van der Waals surface area contributed by atoms with E-state index < -0.39 is 12.1 Å². The van der Waals surface area contributed by atoms with E-state index in [1.807, 2.05) is 31.2 Å². The van der Waals surface area contributed by atoms with Crippen molar-refractivity contribution in [3.63, 3.8) is 0 Å². The van der Waals surface area contributed by atoms with Gasteiger partial charge in [0.1, 0.15) is 0 Å². The molecule has 0 aromatic heterocycles. The summed E-state index contributed by atoms with van der Waals surface area (Å²) < 4.78 is 5.20. The summed E-state index contributed by atoms with van der Waals surface area (Å²) >= 11 is 0. The van der Waals surface area contributed by atoms with Gasteiger partial charge in [-0.25, -0.2) is 9.79 Å². The molecule has 0 bridgehead atoms. The third-order valence-electron chi connectivity index (χ3n) is 2.23. The maximum atomic E-state index is 10.6. The maximum absolute atomic E-state index is 10.6. The minimum atomic E-state index is -0.971. The first kappa shape index (κ1) is 9.71. The summed E-state index contributed by atoms with van der Waals surface area (Å²) in [6.07, 6.45) is -0.832. The molecule has 1 unspecified atom stereocenters. The Balaban J connectivity index is 2.14. The lowest BCUT2D eigenvalue weighted by molar-refractivity contribution is -0.144. The fourth-order valence-electron chi connectivity index (χ4n) is 1.36. The number of aryl methyl sites for hydroxylation is 1. The molecule has 1 heterocycles. The van der Waals surface area contributed by atoms with Crippen LogP contribution in [0.4, 0.5) is 0 Å². The molecule has 0 aliphatic carbocycles. The number of carboxylic acids is 1. The number of carboxylic acid groups (broad SMARTS) is 1. The Morgan fingerprint density at radius 2 is 2.13 bits per heavy atom. The SMILES string of the molecule is Cc1ccc(C2=NCC(C(=O)O)O2)cc1. The zero-order chi connectivity index (χ0) is 10.8. The van der Waals surface area contributed by atoms with Gasteiger partial charge in [0.2, 0.25) is 12.0 Å². The van der Waals surface area contributed by atoms with Gasteiger partial charge < -0.3 is 9.84 Å². The highest BCUT2D eigenvalue weighted by atomic mass is 16.5. The predicted octanol–water partition coefficient (Wildman–Crippen LogP) is 1.23. The summed E-state index contributed by atoms with van der Waals surface area (Å²) in [5.74, 6) is -0.553. The van der Waals surface area contributed by atoms with Crippen LogP contribution in [-0.2, 0) is 9.53 Å². The monoisotopic (exact) mass is 205 g/mol. The molecule has 1 aliphatic heterocycles. The fraction of sp³-hybridized carbons (Fsp3) is 0.273. The Morgan fingerprint density at radius 3 is 2.67 bits per heavy atom. The summed E-state index contributed by atoms with van der Waals surface area (Å²) in [4.78, 5) is 14.7. The maximum Gasteiger partial charge on any atom is 0.346 e. The Hall–Kier alpha value is -1.84. The number of nitrogens with zero attached hydrogens (tertiary/aromatic N) is 1. The van der Waals surface area contributed by atoms with E-state index in [0.717, 1.165) is 11.1 Å². The third kappa shape index (κ3) is 1.98. The summed E-state index contributed by atoms with van der Waals surface area (Å²) in [5.41, 5.74) is 1.97. The van der Waals surface area contributed by atoms with Crippen molar-refractivity contribution in [1.82, 2.24) is 0 Å². The number of aliphatic carboxylic acids is 1. The number of carbonyl (C=O) groups is 1. The van der Waals surface area contributed by atoms with Crippen molar-refractivity contribution >= 4 is 11.9 Å². The molecule has 0 saturated carbocycles. The number of hydrogen-bond acceptors (Lipinski definition) is 3. The molecule has 1 aliphatic rings. The number of hydrogen-bond donors (Lipinski definition) is 1. The van der Waals surface area contributed by atoms with Crippen molar-refractivity contribution in [2.75, 3.05) is 6.54 Å². The van der Waals surface area contributed by atoms with Crippen molar-refractivity contribution in [3.05, 3.63) is 35.4 Å². The number of ether oxygens (including phenoxy) is 1. The van der Waals surface area contributed by atoms with Crippen LogP contribution >= 0.6 is 0 Å². The zero-order valence-electron chi connectivity index (χ0n) is 8.30. The van der Waals surface area contributed by atoms with Gasteiger partial charge >= 0.3 is 5.97 Å². The van der Waals surface area contributed by atoms with Gasteiger partial charge in [-0.3, -0.25) is 0 Å². The molecular weight excluding hydrogens is 194 g/mol. The Kier molecular flexibility index (Phi) is 2.41. The van der Waals surface area contributed by atoms with Gasteiger partial charge in [0.25, 0.3) is 0 Å². The number of benzene rings is 1. The molecule has 0 fully saturated rings.